The van der Waals surface area contributed by atoms with Crippen molar-refractivity contribution in [1.29, 1.82) is 0 Å². The molecule has 4 heteroatoms. The fourth-order valence-corrected chi connectivity index (χ4v) is 2.04. The van der Waals surface area contributed by atoms with Crippen molar-refractivity contribution in [3.8, 4) is 29.6 Å². The summed E-state index contributed by atoms with van der Waals surface area (Å²) in [6.07, 6.45) is 4.53. The Labute approximate surface area is 129 Å². The van der Waals surface area contributed by atoms with E-state index in [1.807, 2.05) is 54.6 Å². The molecule has 0 N–H and O–H groups in total. The highest BCUT2D eigenvalue weighted by molar-refractivity contribution is 5.35. The minimum atomic E-state index is -0.560. The molecule has 1 heterocycles. The van der Waals surface area contributed by atoms with Crippen molar-refractivity contribution in [1.82, 2.24) is 0 Å². The van der Waals surface area contributed by atoms with Crippen molar-refractivity contribution in [3.63, 3.8) is 0 Å². The van der Waals surface area contributed by atoms with Crippen LogP contribution < -0.4 is 9.47 Å². The summed E-state index contributed by atoms with van der Waals surface area (Å²) in [7, 11) is 0. The minimum Gasteiger partial charge on any atom is -0.491 e. The lowest BCUT2D eigenvalue weighted by molar-refractivity contribution is -0.0205. The predicted octanol–water partition coefficient (Wildman–Crippen LogP) is 3.23. The van der Waals surface area contributed by atoms with E-state index in [1.165, 1.54) is 0 Å². The first-order valence-electron chi connectivity index (χ1n) is 7.02. The second-order valence-electron chi connectivity index (χ2n) is 4.79. The van der Waals surface area contributed by atoms with Crippen LogP contribution in [0.2, 0.25) is 0 Å². The van der Waals surface area contributed by atoms with E-state index < -0.39 is 6.29 Å². The van der Waals surface area contributed by atoms with Gasteiger partial charge in [-0.25, -0.2) is 0 Å². The molecule has 1 aliphatic rings. The van der Waals surface area contributed by atoms with E-state index >= 15 is 0 Å². The van der Waals surface area contributed by atoms with Gasteiger partial charge in [-0.05, 0) is 42.3 Å². The van der Waals surface area contributed by atoms with Gasteiger partial charge in [0, 0.05) is 0 Å². The minimum absolute atomic E-state index is 0.138. The van der Waals surface area contributed by atoms with Gasteiger partial charge in [-0.2, -0.15) is 0 Å². The third-order valence-corrected chi connectivity index (χ3v) is 3.12. The van der Waals surface area contributed by atoms with Crippen LogP contribution in [0.5, 0.6) is 17.2 Å². The SMILES string of the molecule is C#CC1OCC(COc2ccc(Oc3ccccc3)cc2)O1. The molecule has 1 saturated heterocycles. The standard InChI is InChI=1S/C18H16O4/c1-2-18-20-13-17(22-18)12-19-14-8-10-16(11-9-14)21-15-6-4-3-5-7-15/h1,3-11,17-18H,12-13H2. The van der Waals surface area contributed by atoms with Gasteiger partial charge in [0.25, 0.3) is 0 Å². The zero-order valence-electron chi connectivity index (χ0n) is 12.0. The van der Waals surface area contributed by atoms with Gasteiger partial charge in [-0.1, -0.05) is 18.2 Å². The molecule has 4 nitrogen and oxygen atoms in total. The molecule has 22 heavy (non-hydrogen) atoms. The second-order valence-corrected chi connectivity index (χ2v) is 4.79. The highest BCUT2D eigenvalue weighted by atomic mass is 16.7. The molecule has 0 aromatic heterocycles. The van der Waals surface area contributed by atoms with Crippen LogP contribution in [0.15, 0.2) is 54.6 Å². The van der Waals surface area contributed by atoms with E-state index in [9.17, 15) is 0 Å². The Morgan fingerprint density at radius 3 is 2.36 bits per heavy atom. The highest BCUT2D eigenvalue weighted by Gasteiger charge is 2.24. The Morgan fingerprint density at radius 2 is 1.68 bits per heavy atom. The fourth-order valence-electron chi connectivity index (χ4n) is 2.04. The average Bonchev–Trinajstić information content (AvgIpc) is 3.03. The van der Waals surface area contributed by atoms with Gasteiger partial charge in [0.1, 0.15) is 30.0 Å². The molecule has 112 valence electrons. The third kappa shape index (κ3) is 3.79. The molecule has 0 radical (unpaired) electrons. The van der Waals surface area contributed by atoms with E-state index in [2.05, 4.69) is 5.92 Å². The van der Waals surface area contributed by atoms with Crippen molar-refractivity contribution in [3.05, 3.63) is 54.6 Å². The van der Waals surface area contributed by atoms with Crippen molar-refractivity contribution in [2.45, 2.75) is 12.4 Å². The lowest BCUT2D eigenvalue weighted by Gasteiger charge is -2.11. The second kappa shape index (κ2) is 6.99. The molecule has 3 rings (SSSR count). The number of para-hydroxylation sites is 1. The molecule has 2 aromatic carbocycles. The predicted molar refractivity (Wildman–Crippen MR) is 81.9 cm³/mol. The molecule has 0 saturated carbocycles. The van der Waals surface area contributed by atoms with E-state index in [0.717, 1.165) is 17.2 Å². The largest absolute Gasteiger partial charge is 0.491 e. The first kappa shape index (κ1) is 14.5. The van der Waals surface area contributed by atoms with Crippen LogP contribution in [0.3, 0.4) is 0 Å². The number of terminal acetylenes is 1. The summed E-state index contributed by atoms with van der Waals surface area (Å²) in [4.78, 5) is 0. The van der Waals surface area contributed by atoms with Gasteiger partial charge in [0.15, 0.2) is 0 Å². The molecular weight excluding hydrogens is 280 g/mol. The molecule has 0 amide bonds. The maximum absolute atomic E-state index is 5.72. The highest BCUT2D eigenvalue weighted by Crippen LogP contribution is 2.24. The van der Waals surface area contributed by atoms with Crippen LogP contribution >= 0.6 is 0 Å². The quantitative estimate of drug-likeness (QED) is 0.794. The Morgan fingerprint density at radius 1 is 1.00 bits per heavy atom. The molecule has 0 aliphatic carbocycles. The molecule has 0 bridgehead atoms. The number of rotatable bonds is 5. The van der Waals surface area contributed by atoms with Crippen molar-refractivity contribution >= 4 is 0 Å². The lowest BCUT2D eigenvalue weighted by Crippen LogP contribution is -2.20. The number of benzene rings is 2. The zero-order chi connectivity index (χ0) is 15.2. The average molecular weight is 296 g/mol. The van der Waals surface area contributed by atoms with E-state index in [4.69, 9.17) is 25.4 Å². The molecule has 2 atom stereocenters. The summed E-state index contributed by atoms with van der Waals surface area (Å²) in [6.45, 7) is 0.848. The van der Waals surface area contributed by atoms with Crippen molar-refractivity contribution in [2.75, 3.05) is 13.2 Å². The number of hydrogen-bond donors (Lipinski definition) is 0. The van der Waals surface area contributed by atoms with Gasteiger partial charge in [0.05, 0.1) is 6.61 Å². The first-order chi connectivity index (χ1) is 10.8. The van der Waals surface area contributed by atoms with E-state index in [0.29, 0.717) is 13.2 Å². The van der Waals surface area contributed by atoms with Gasteiger partial charge >= 0.3 is 0 Å². The summed E-state index contributed by atoms with van der Waals surface area (Å²) in [6, 6.07) is 17.0. The lowest BCUT2D eigenvalue weighted by atomic mass is 10.3. The van der Waals surface area contributed by atoms with Crippen LogP contribution in [-0.4, -0.2) is 25.6 Å². The molecule has 1 fully saturated rings. The summed E-state index contributed by atoms with van der Waals surface area (Å²) >= 11 is 0. The van der Waals surface area contributed by atoms with Crippen LogP contribution in [-0.2, 0) is 9.47 Å². The van der Waals surface area contributed by atoms with Gasteiger partial charge < -0.3 is 18.9 Å². The third-order valence-electron chi connectivity index (χ3n) is 3.12. The van der Waals surface area contributed by atoms with Crippen LogP contribution in [0.1, 0.15) is 0 Å². The maximum atomic E-state index is 5.72. The Kier molecular flexibility index (Phi) is 4.59. The Bertz CT molecular complexity index is 630. The van der Waals surface area contributed by atoms with Crippen molar-refractivity contribution in [2.24, 2.45) is 0 Å². The smallest absolute Gasteiger partial charge is 0.222 e. The topological polar surface area (TPSA) is 36.9 Å². The molecule has 0 spiro atoms. The molecule has 1 aliphatic heterocycles. The summed E-state index contributed by atoms with van der Waals surface area (Å²) in [5, 5.41) is 0. The molecule has 2 aromatic rings. The van der Waals surface area contributed by atoms with Gasteiger partial charge in [-0.3, -0.25) is 0 Å². The molecule has 2 unspecified atom stereocenters. The monoisotopic (exact) mass is 296 g/mol. The van der Waals surface area contributed by atoms with Crippen molar-refractivity contribution < 1.29 is 18.9 Å². The number of hydrogen-bond acceptors (Lipinski definition) is 4. The maximum Gasteiger partial charge on any atom is 0.222 e. The number of ether oxygens (including phenoxy) is 4. The van der Waals surface area contributed by atoms with Gasteiger partial charge in [0.2, 0.25) is 6.29 Å². The molecular formula is C18H16O4. The van der Waals surface area contributed by atoms with E-state index in [-0.39, 0.29) is 6.10 Å². The summed E-state index contributed by atoms with van der Waals surface area (Å²) in [5.74, 6) is 4.70. The Balaban J connectivity index is 1.51. The van der Waals surface area contributed by atoms with Crippen LogP contribution in [0.4, 0.5) is 0 Å². The zero-order valence-corrected chi connectivity index (χ0v) is 12.0. The first-order valence-corrected chi connectivity index (χ1v) is 7.02. The summed E-state index contributed by atoms with van der Waals surface area (Å²) in [5.41, 5.74) is 0. The summed E-state index contributed by atoms with van der Waals surface area (Å²) < 4.78 is 22.0. The fraction of sp³-hybridized carbons (Fsp3) is 0.222. The van der Waals surface area contributed by atoms with Crippen LogP contribution in [0, 0.1) is 12.3 Å². The Hall–Kier alpha value is -2.48. The van der Waals surface area contributed by atoms with E-state index in [1.54, 1.807) is 0 Å². The van der Waals surface area contributed by atoms with Gasteiger partial charge in [-0.15, -0.1) is 6.42 Å². The normalized spacial score (nSPS) is 20.3. The van der Waals surface area contributed by atoms with Crippen LogP contribution in [0.25, 0.3) is 0 Å².